The molecule has 146 valence electrons. The second kappa shape index (κ2) is 8.79. The molecule has 1 saturated heterocycles. The van der Waals surface area contributed by atoms with Gasteiger partial charge < -0.3 is 14.8 Å². The number of imidazole rings is 1. The minimum Gasteiger partial charge on any atom is -0.339 e. The average molecular weight is 415 g/mol. The minimum atomic E-state index is 0.0735. The number of nitrogens with one attached hydrogen (secondary N) is 1. The van der Waals surface area contributed by atoms with Crippen LogP contribution in [0.25, 0.3) is 11.0 Å². The fourth-order valence-corrected chi connectivity index (χ4v) is 4.78. The van der Waals surface area contributed by atoms with Crippen LogP contribution in [0.4, 0.5) is 0 Å². The van der Waals surface area contributed by atoms with Crippen LogP contribution in [0.2, 0.25) is 0 Å². The molecule has 0 aliphatic carbocycles. The van der Waals surface area contributed by atoms with Crippen LogP contribution in [-0.4, -0.2) is 63.5 Å². The number of carbonyl (C=O) groups is 2. The van der Waals surface area contributed by atoms with E-state index >= 15 is 0 Å². The highest BCUT2D eigenvalue weighted by atomic mass is 32.2. The van der Waals surface area contributed by atoms with Gasteiger partial charge in [0.2, 0.25) is 5.91 Å². The number of aromatic amines is 1. The Labute approximate surface area is 171 Å². The van der Waals surface area contributed by atoms with Crippen LogP contribution in [0, 0.1) is 0 Å². The average Bonchev–Trinajstić information content (AvgIpc) is 3.40. The highest BCUT2D eigenvalue weighted by Crippen LogP contribution is 2.20. The van der Waals surface area contributed by atoms with Crippen molar-refractivity contribution in [2.45, 2.75) is 18.0 Å². The molecule has 1 N–H and O–H groups in total. The number of nitrogens with zero attached hydrogens (tertiary/aromatic N) is 3. The first-order chi connectivity index (χ1) is 13.7. The highest BCUT2D eigenvalue weighted by molar-refractivity contribution is 7.99. The zero-order valence-corrected chi connectivity index (χ0v) is 17.1. The summed E-state index contributed by atoms with van der Waals surface area (Å²) in [7, 11) is 0. The van der Waals surface area contributed by atoms with E-state index < -0.39 is 0 Å². The molecule has 1 fully saturated rings. The lowest BCUT2D eigenvalue weighted by Gasteiger charge is -2.34. The van der Waals surface area contributed by atoms with Gasteiger partial charge in [0.15, 0.2) is 5.16 Å². The van der Waals surface area contributed by atoms with Gasteiger partial charge in [0.05, 0.1) is 15.9 Å². The van der Waals surface area contributed by atoms with Crippen molar-refractivity contribution < 1.29 is 9.59 Å². The van der Waals surface area contributed by atoms with Gasteiger partial charge in [0.1, 0.15) is 0 Å². The van der Waals surface area contributed by atoms with E-state index in [1.807, 2.05) is 51.6 Å². The molecule has 3 heterocycles. The molecular weight excluding hydrogens is 392 g/mol. The van der Waals surface area contributed by atoms with E-state index in [1.54, 1.807) is 11.8 Å². The number of benzene rings is 1. The Morgan fingerprint density at radius 2 is 1.86 bits per heavy atom. The highest BCUT2D eigenvalue weighted by Gasteiger charge is 2.24. The Bertz CT molecular complexity index is 913. The third kappa shape index (κ3) is 4.39. The van der Waals surface area contributed by atoms with Crippen LogP contribution in [0.3, 0.4) is 0 Å². The second-order valence-electron chi connectivity index (χ2n) is 6.66. The lowest BCUT2D eigenvalue weighted by atomic mass is 10.2. The number of H-pyrrole nitrogens is 1. The maximum absolute atomic E-state index is 12.4. The molecule has 1 aliphatic heterocycles. The van der Waals surface area contributed by atoms with Gasteiger partial charge >= 0.3 is 0 Å². The quantitative estimate of drug-likeness (QED) is 0.495. The molecule has 1 aromatic carbocycles. The summed E-state index contributed by atoms with van der Waals surface area (Å²) in [6.07, 6.45) is 1.35. The monoisotopic (exact) mass is 414 g/mol. The molecule has 1 aliphatic rings. The Kier molecular flexibility index (Phi) is 5.97. The molecule has 4 rings (SSSR count). The predicted molar refractivity (Wildman–Crippen MR) is 113 cm³/mol. The van der Waals surface area contributed by atoms with Crippen molar-refractivity contribution in [3.05, 3.63) is 46.7 Å². The molecule has 0 bridgehead atoms. The first-order valence-electron chi connectivity index (χ1n) is 9.39. The van der Waals surface area contributed by atoms with E-state index in [0.29, 0.717) is 32.6 Å². The van der Waals surface area contributed by atoms with Crippen LogP contribution >= 0.6 is 23.1 Å². The third-order valence-electron chi connectivity index (χ3n) is 4.79. The number of amides is 2. The van der Waals surface area contributed by atoms with Crippen molar-refractivity contribution in [3.63, 3.8) is 0 Å². The van der Waals surface area contributed by atoms with E-state index in [-0.39, 0.29) is 11.8 Å². The Morgan fingerprint density at radius 1 is 1.07 bits per heavy atom. The Morgan fingerprint density at radius 3 is 2.61 bits per heavy atom. The van der Waals surface area contributed by atoms with Crippen LogP contribution in [0.1, 0.15) is 22.5 Å². The zero-order valence-electron chi connectivity index (χ0n) is 15.5. The summed E-state index contributed by atoms with van der Waals surface area (Å²) >= 11 is 3.11. The van der Waals surface area contributed by atoms with Crippen LogP contribution < -0.4 is 0 Å². The molecule has 0 saturated carbocycles. The number of thioether (sulfide) groups is 1. The minimum absolute atomic E-state index is 0.0735. The maximum Gasteiger partial charge on any atom is 0.264 e. The first-order valence-corrected chi connectivity index (χ1v) is 11.3. The summed E-state index contributed by atoms with van der Waals surface area (Å²) in [5, 5.41) is 2.81. The van der Waals surface area contributed by atoms with E-state index in [9.17, 15) is 9.59 Å². The molecule has 2 amide bonds. The fourth-order valence-electron chi connectivity index (χ4n) is 3.26. The van der Waals surface area contributed by atoms with Crippen LogP contribution in [0.15, 0.2) is 46.9 Å². The summed E-state index contributed by atoms with van der Waals surface area (Å²) in [6.45, 7) is 2.45. The van der Waals surface area contributed by atoms with Gasteiger partial charge in [-0.3, -0.25) is 9.59 Å². The molecule has 6 nitrogen and oxygen atoms in total. The van der Waals surface area contributed by atoms with Crippen molar-refractivity contribution in [3.8, 4) is 0 Å². The van der Waals surface area contributed by atoms with E-state index in [1.165, 1.54) is 11.3 Å². The summed E-state index contributed by atoms with van der Waals surface area (Å²) < 4.78 is 0. The van der Waals surface area contributed by atoms with Gasteiger partial charge in [-0.15, -0.1) is 11.3 Å². The molecule has 0 unspecified atom stereocenters. The number of fused-ring (bicyclic) bond motifs is 1. The standard InChI is InChI=1S/C20H22N4O2S2/c25-18(8-4-14-28-20-21-15-5-1-2-6-16(15)22-20)23-9-11-24(12-10-23)19(26)17-7-3-13-27-17/h1-3,5-7,13H,4,8-12,14H2,(H,21,22). The lowest BCUT2D eigenvalue weighted by Crippen LogP contribution is -2.50. The van der Waals surface area contributed by atoms with Crippen molar-refractivity contribution in [2.24, 2.45) is 0 Å². The largest absolute Gasteiger partial charge is 0.339 e. The Hall–Kier alpha value is -2.32. The number of aromatic nitrogens is 2. The normalized spacial score (nSPS) is 14.6. The lowest BCUT2D eigenvalue weighted by molar-refractivity contribution is -0.132. The Balaban J connectivity index is 1.18. The van der Waals surface area contributed by atoms with Crippen molar-refractivity contribution in [1.29, 1.82) is 0 Å². The van der Waals surface area contributed by atoms with Gasteiger partial charge in [0.25, 0.3) is 5.91 Å². The molecule has 0 radical (unpaired) electrons. The molecule has 0 spiro atoms. The first kappa shape index (κ1) is 19.0. The van der Waals surface area contributed by atoms with Crippen molar-refractivity contribution >= 4 is 45.9 Å². The zero-order chi connectivity index (χ0) is 19.3. The summed E-state index contributed by atoms with van der Waals surface area (Å²) in [6, 6.07) is 11.7. The summed E-state index contributed by atoms with van der Waals surface area (Å²) in [4.78, 5) is 37.1. The van der Waals surface area contributed by atoms with Crippen LogP contribution in [0.5, 0.6) is 0 Å². The fraction of sp³-hybridized carbons (Fsp3) is 0.350. The molecule has 0 atom stereocenters. The van der Waals surface area contributed by atoms with Gasteiger partial charge in [-0.05, 0) is 30.0 Å². The summed E-state index contributed by atoms with van der Waals surface area (Å²) in [5.74, 6) is 1.10. The van der Waals surface area contributed by atoms with Crippen molar-refractivity contribution in [2.75, 3.05) is 31.9 Å². The topological polar surface area (TPSA) is 69.3 Å². The van der Waals surface area contributed by atoms with Crippen molar-refractivity contribution in [1.82, 2.24) is 19.8 Å². The SMILES string of the molecule is O=C(CCCSc1nc2ccccc2[nH]1)N1CCN(C(=O)c2cccs2)CC1. The van der Waals surface area contributed by atoms with Gasteiger partial charge in [-0.25, -0.2) is 4.98 Å². The number of piperazine rings is 1. The molecule has 28 heavy (non-hydrogen) atoms. The number of para-hydroxylation sites is 2. The third-order valence-corrected chi connectivity index (χ3v) is 6.61. The van der Waals surface area contributed by atoms with E-state index in [0.717, 1.165) is 33.2 Å². The number of hydrogen-bond acceptors (Lipinski definition) is 5. The predicted octanol–water partition coefficient (Wildman–Crippen LogP) is 3.48. The smallest absolute Gasteiger partial charge is 0.264 e. The van der Waals surface area contributed by atoms with E-state index in [2.05, 4.69) is 9.97 Å². The molecule has 2 aromatic heterocycles. The number of rotatable bonds is 6. The van der Waals surface area contributed by atoms with Gasteiger partial charge in [-0.2, -0.15) is 0 Å². The molecular formula is C20H22N4O2S2. The number of hydrogen-bond donors (Lipinski definition) is 1. The maximum atomic E-state index is 12.4. The number of thiophene rings is 1. The van der Waals surface area contributed by atoms with Crippen LogP contribution in [-0.2, 0) is 4.79 Å². The van der Waals surface area contributed by atoms with Gasteiger partial charge in [0, 0.05) is 38.4 Å². The second-order valence-corrected chi connectivity index (χ2v) is 8.69. The number of carbonyl (C=O) groups excluding carboxylic acids is 2. The molecule has 3 aromatic rings. The van der Waals surface area contributed by atoms with E-state index in [4.69, 9.17) is 0 Å². The van der Waals surface area contributed by atoms with Gasteiger partial charge in [-0.1, -0.05) is 30.0 Å². The molecule has 8 heteroatoms. The summed E-state index contributed by atoms with van der Waals surface area (Å²) in [5.41, 5.74) is 2.01.